The molecule has 1 fully saturated rings. The van der Waals surface area contributed by atoms with Gasteiger partial charge >= 0.3 is 17.9 Å². The SMILES string of the molecule is C=C1C(=O)O[C@@H]2C=C(C)[C@@H](OC(C)=O)C/C=C(\C)C(O)[C@@H](OC(=O)/C(C)=C/C)[C@@H]12. The molecule has 5 atom stereocenters. The van der Waals surface area contributed by atoms with Gasteiger partial charge in [0.2, 0.25) is 0 Å². The summed E-state index contributed by atoms with van der Waals surface area (Å²) in [6.45, 7) is 11.9. The first-order valence-electron chi connectivity index (χ1n) is 9.50. The molecule has 2 aliphatic rings. The minimum Gasteiger partial charge on any atom is -0.458 e. The predicted molar refractivity (Wildman–Crippen MR) is 106 cm³/mol. The lowest BCUT2D eigenvalue weighted by Gasteiger charge is -2.32. The van der Waals surface area contributed by atoms with Crippen LogP contribution < -0.4 is 0 Å². The largest absolute Gasteiger partial charge is 0.458 e. The van der Waals surface area contributed by atoms with Gasteiger partial charge in [-0.25, -0.2) is 9.59 Å². The van der Waals surface area contributed by atoms with E-state index >= 15 is 0 Å². The van der Waals surface area contributed by atoms with Gasteiger partial charge < -0.3 is 19.3 Å². The van der Waals surface area contributed by atoms with Crippen LogP contribution in [0.5, 0.6) is 0 Å². The second-order valence-electron chi connectivity index (χ2n) is 7.40. The lowest BCUT2D eigenvalue weighted by Crippen LogP contribution is -2.43. The molecule has 7 nitrogen and oxygen atoms in total. The lowest BCUT2D eigenvalue weighted by atomic mass is 9.83. The van der Waals surface area contributed by atoms with Crippen molar-refractivity contribution in [2.45, 2.75) is 65.5 Å². The number of carbonyl (C=O) groups excluding carboxylic acids is 3. The summed E-state index contributed by atoms with van der Waals surface area (Å²) in [4.78, 5) is 36.1. The van der Waals surface area contributed by atoms with E-state index < -0.39 is 48.2 Å². The Morgan fingerprint density at radius 3 is 2.48 bits per heavy atom. The molecular formula is C22H28O7. The summed E-state index contributed by atoms with van der Waals surface area (Å²) in [6.07, 6.45) is 1.71. The van der Waals surface area contributed by atoms with Crippen molar-refractivity contribution in [2.24, 2.45) is 5.92 Å². The summed E-state index contributed by atoms with van der Waals surface area (Å²) in [7, 11) is 0. The van der Waals surface area contributed by atoms with Gasteiger partial charge in [-0.05, 0) is 44.9 Å². The smallest absolute Gasteiger partial charge is 0.334 e. The van der Waals surface area contributed by atoms with E-state index in [1.807, 2.05) is 0 Å². The molecule has 1 heterocycles. The summed E-state index contributed by atoms with van der Waals surface area (Å²) in [5, 5.41) is 10.9. The molecule has 0 spiro atoms. The van der Waals surface area contributed by atoms with E-state index in [4.69, 9.17) is 14.2 Å². The Labute approximate surface area is 170 Å². The van der Waals surface area contributed by atoms with Gasteiger partial charge in [0.15, 0.2) is 0 Å². The van der Waals surface area contributed by atoms with Gasteiger partial charge in [-0.1, -0.05) is 18.7 Å². The Bertz CT molecular complexity index is 802. The Morgan fingerprint density at radius 2 is 1.90 bits per heavy atom. The molecular weight excluding hydrogens is 376 g/mol. The number of fused-ring (bicyclic) bond motifs is 1. The molecule has 1 N–H and O–H groups in total. The summed E-state index contributed by atoms with van der Waals surface area (Å²) in [6, 6.07) is 0. The molecule has 1 aliphatic heterocycles. The third kappa shape index (κ3) is 5.03. The van der Waals surface area contributed by atoms with Crippen LogP contribution in [0.3, 0.4) is 0 Å². The van der Waals surface area contributed by atoms with Crippen LogP contribution >= 0.6 is 0 Å². The molecule has 29 heavy (non-hydrogen) atoms. The summed E-state index contributed by atoms with van der Waals surface area (Å²) in [5.74, 6) is -2.43. The first-order valence-corrected chi connectivity index (χ1v) is 9.50. The fraction of sp³-hybridized carbons (Fsp3) is 0.500. The zero-order valence-corrected chi connectivity index (χ0v) is 17.4. The molecule has 0 amide bonds. The summed E-state index contributed by atoms with van der Waals surface area (Å²) < 4.78 is 16.4. The summed E-state index contributed by atoms with van der Waals surface area (Å²) in [5.41, 5.74) is 1.71. The Balaban J connectivity index is 2.52. The molecule has 1 aliphatic carbocycles. The van der Waals surface area contributed by atoms with E-state index in [0.717, 1.165) is 0 Å². The Kier molecular flexibility index (Phi) is 7.19. The van der Waals surface area contributed by atoms with Crippen LogP contribution in [0, 0.1) is 5.92 Å². The minimum absolute atomic E-state index is 0.117. The number of carbonyl (C=O) groups is 3. The topological polar surface area (TPSA) is 99.1 Å². The standard InChI is InChI=1S/C22H28O7/c1-7-11(2)21(25)29-20-18-14(5)22(26)28-17(18)10-13(4)16(27-15(6)23)9-8-12(3)19(20)24/h7-8,10,16-20,24H,5,9H2,1-4,6H3/b11-7+,12-8+,13-10?/t16-,17+,18-,19?,20-/m0/s1. The molecule has 0 aromatic carbocycles. The number of aliphatic hydroxyl groups excluding tert-OH is 1. The van der Waals surface area contributed by atoms with E-state index in [2.05, 4.69) is 6.58 Å². The molecule has 0 saturated carbocycles. The van der Waals surface area contributed by atoms with Crippen molar-refractivity contribution in [3.63, 3.8) is 0 Å². The van der Waals surface area contributed by atoms with Gasteiger partial charge in [0, 0.05) is 24.5 Å². The van der Waals surface area contributed by atoms with Gasteiger partial charge in [-0.2, -0.15) is 0 Å². The maximum absolute atomic E-state index is 12.4. The number of hydrogen-bond donors (Lipinski definition) is 1. The van der Waals surface area contributed by atoms with Crippen molar-refractivity contribution in [2.75, 3.05) is 0 Å². The highest BCUT2D eigenvalue weighted by Crippen LogP contribution is 2.37. The number of allylic oxidation sites excluding steroid dienone is 1. The minimum atomic E-state index is -1.19. The van der Waals surface area contributed by atoms with Crippen LogP contribution in [-0.4, -0.2) is 47.4 Å². The van der Waals surface area contributed by atoms with Gasteiger partial charge in [0.05, 0.1) is 5.92 Å². The van der Waals surface area contributed by atoms with Crippen molar-refractivity contribution in [1.82, 2.24) is 0 Å². The number of hydrogen-bond acceptors (Lipinski definition) is 7. The molecule has 0 radical (unpaired) electrons. The Hall–Kier alpha value is -2.67. The first-order chi connectivity index (χ1) is 13.6. The Morgan fingerprint density at radius 1 is 1.24 bits per heavy atom. The second-order valence-corrected chi connectivity index (χ2v) is 7.40. The number of rotatable bonds is 3. The average molecular weight is 404 g/mol. The van der Waals surface area contributed by atoms with Crippen molar-refractivity contribution >= 4 is 17.9 Å². The zero-order valence-electron chi connectivity index (χ0n) is 17.4. The van der Waals surface area contributed by atoms with Gasteiger partial charge in [-0.15, -0.1) is 0 Å². The highest BCUT2D eigenvalue weighted by Gasteiger charge is 2.47. The molecule has 2 rings (SSSR count). The van der Waals surface area contributed by atoms with E-state index in [1.54, 1.807) is 45.9 Å². The molecule has 1 unspecified atom stereocenters. The van der Waals surface area contributed by atoms with Crippen LogP contribution in [0.25, 0.3) is 0 Å². The van der Waals surface area contributed by atoms with Crippen LogP contribution in [0.15, 0.2) is 47.1 Å². The first kappa shape index (κ1) is 22.6. The molecule has 158 valence electrons. The number of aliphatic hydroxyl groups is 1. The number of ether oxygens (including phenoxy) is 3. The molecule has 1 saturated heterocycles. The van der Waals surface area contributed by atoms with Gasteiger partial charge in [0.25, 0.3) is 0 Å². The van der Waals surface area contributed by atoms with E-state index in [9.17, 15) is 19.5 Å². The average Bonchev–Trinajstić information content (AvgIpc) is 2.93. The van der Waals surface area contributed by atoms with Crippen LogP contribution in [0.1, 0.15) is 41.0 Å². The van der Waals surface area contributed by atoms with Crippen LogP contribution in [0.4, 0.5) is 0 Å². The second kappa shape index (κ2) is 9.22. The monoisotopic (exact) mass is 404 g/mol. The summed E-state index contributed by atoms with van der Waals surface area (Å²) >= 11 is 0. The van der Waals surface area contributed by atoms with Crippen molar-refractivity contribution < 1.29 is 33.7 Å². The van der Waals surface area contributed by atoms with Crippen molar-refractivity contribution in [1.29, 1.82) is 0 Å². The quantitative estimate of drug-likeness (QED) is 0.334. The van der Waals surface area contributed by atoms with Gasteiger partial charge in [-0.3, -0.25) is 4.79 Å². The number of esters is 3. The predicted octanol–water partition coefficient (Wildman–Crippen LogP) is 2.55. The van der Waals surface area contributed by atoms with Crippen molar-refractivity contribution in [3.8, 4) is 0 Å². The molecule has 7 heteroatoms. The molecule has 0 aromatic rings. The normalized spacial score (nSPS) is 32.3. The fourth-order valence-corrected chi connectivity index (χ4v) is 3.36. The van der Waals surface area contributed by atoms with Crippen LogP contribution in [0.2, 0.25) is 0 Å². The lowest BCUT2D eigenvalue weighted by molar-refractivity contribution is -0.153. The third-order valence-corrected chi connectivity index (χ3v) is 5.29. The molecule has 0 bridgehead atoms. The highest BCUT2D eigenvalue weighted by atomic mass is 16.6. The van der Waals surface area contributed by atoms with E-state index in [1.165, 1.54) is 6.92 Å². The van der Waals surface area contributed by atoms with Crippen molar-refractivity contribution in [3.05, 3.63) is 47.1 Å². The van der Waals surface area contributed by atoms with E-state index in [-0.39, 0.29) is 5.57 Å². The van der Waals surface area contributed by atoms with Gasteiger partial charge in [0.1, 0.15) is 24.4 Å². The molecule has 0 aromatic heterocycles. The third-order valence-electron chi connectivity index (χ3n) is 5.29. The highest BCUT2D eigenvalue weighted by molar-refractivity contribution is 5.92. The maximum atomic E-state index is 12.4. The zero-order chi connectivity index (χ0) is 21.9. The maximum Gasteiger partial charge on any atom is 0.334 e. The van der Waals surface area contributed by atoms with E-state index in [0.29, 0.717) is 23.1 Å². The fourth-order valence-electron chi connectivity index (χ4n) is 3.36. The van der Waals surface area contributed by atoms with Crippen LogP contribution in [-0.2, 0) is 28.6 Å².